The van der Waals surface area contributed by atoms with Gasteiger partial charge in [-0.15, -0.1) is 0 Å². The molecule has 6 nitrogen and oxygen atoms in total. The van der Waals surface area contributed by atoms with Crippen LogP contribution in [-0.2, 0) is 18.3 Å². The second-order valence-electron chi connectivity index (χ2n) is 5.36. The third-order valence-corrected chi connectivity index (χ3v) is 4.09. The van der Waals surface area contributed by atoms with E-state index in [1.54, 1.807) is 43.8 Å². The number of esters is 1. The Balaban J connectivity index is 2.06. The maximum Gasteiger partial charge on any atom is 0.317 e. The summed E-state index contributed by atoms with van der Waals surface area (Å²) in [7, 11) is 4.83. The second-order valence-corrected chi connectivity index (χ2v) is 5.36. The Morgan fingerprint density at radius 3 is 2.52 bits per heavy atom. The molecule has 120 valence electrons. The normalized spacial score (nSPS) is 12.8. The van der Waals surface area contributed by atoms with Crippen LogP contribution in [0.2, 0.25) is 0 Å². The molecule has 0 radical (unpaired) electrons. The molecule has 2 heterocycles. The van der Waals surface area contributed by atoms with Gasteiger partial charge in [0.05, 0.1) is 32.0 Å². The van der Waals surface area contributed by atoms with Gasteiger partial charge in [-0.2, -0.15) is 0 Å². The van der Waals surface area contributed by atoms with E-state index in [0.717, 1.165) is 5.69 Å². The number of fused-ring (bicyclic) bond motifs is 1. The first-order chi connectivity index (χ1) is 11.0. The zero-order chi connectivity index (χ0) is 16.7. The molecule has 0 bridgehead atoms. The van der Waals surface area contributed by atoms with Gasteiger partial charge >= 0.3 is 5.97 Å². The van der Waals surface area contributed by atoms with E-state index < -0.39 is 0 Å². The van der Waals surface area contributed by atoms with Gasteiger partial charge < -0.3 is 18.8 Å². The summed E-state index contributed by atoms with van der Waals surface area (Å²) in [6.45, 7) is 1.78. The fourth-order valence-electron chi connectivity index (χ4n) is 2.92. The van der Waals surface area contributed by atoms with Crippen LogP contribution < -0.4 is 14.2 Å². The molecule has 2 aromatic rings. The number of methoxy groups -OCH3 is 2. The minimum Gasteiger partial charge on any atom is -0.493 e. The van der Waals surface area contributed by atoms with Crippen LogP contribution in [0.5, 0.6) is 17.2 Å². The minimum absolute atomic E-state index is 0.156. The Morgan fingerprint density at radius 2 is 1.91 bits per heavy atom. The van der Waals surface area contributed by atoms with Gasteiger partial charge in [0.15, 0.2) is 17.2 Å². The number of ether oxygens (including phenoxy) is 3. The van der Waals surface area contributed by atoms with Crippen molar-refractivity contribution < 1.29 is 23.8 Å². The molecule has 1 aliphatic rings. The topological polar surface area (TPSA) is 66.8 Å². The first-order valence-corrected chi connectivity index (χ1v) is 7.13. The Bertz CT molecular complexity index is 787. The number of nitrogens with zero attached hydrogens (tertiary/aromatic N) is 1. The number of hydrogen-bond donors (Lipinski definition) is 0. The highest BCUT2D eigenvalue weighted by atomic mass is 16.5. The predicted molar refractivity (Wildman–Crippen MR) is 82.5 cm³/mol. The number of rotatable bonds is 4. The van der Waals surface area contributed by atoms with Gasteiger partial charge in [0.2, 0.25) is 5.78 Å². The summed E-state index contributed by atoms with van der Waals surface area (Å²) >= 11 is 0. The van der Waals surface area contributed by atoms with E-state index in [1.807, 2.05) is 0 Å². The van der Waals surface area contributed by atoms with Crippen molar-refractivity contribution in [3.05, 3.63) is 40.7 Å². The average Bonchev–Trinajstić information content (AvgIpc) is 3.04. The highest BCUT2D eigenvalue weighted by molar-refractivity contribution is 6.10. The maximum atomic E-state index is 12.9. The Hall–Kier alpha value is -2.76. The highest BCUT2D eigenvalue weighted by Gasteiger charge is 2.32. The van der Waals surface area contributed by atoms with Gasteiger partial charge in [-0.05, 0) is 25.1 Å². The first kappa shape index (κ1) is 15.1. The molecule has 0 spiro atoms. The zero-order valence-corrected chi connectivity index (χ0v) is 13.4. The summed E-state index contributed by atoms with van der Waals surface area (Å²) in [4.78, 5) is 24.3. The fraction of sp³-hybridized carbons (Fsp3) is 0.294. The van der Waals surface area contributed by atoms with Gasteiger partial charge in [-0.3, -0.25) is 9.59 Å². The summed E-state index contributed by atoms with van der Waals surface area (Å²) < 4.78 is 17.4. The SMILES string of the molecule is COc1ccc(C(=O)c2c(C)c3c(n2C)CC(=O)O3)cc1OC. The van der Waals surface area contributed by atoms with E-state index in [2.05, 4.69) is 0 Å². The summed E-state index contributed by atoms with van der Waals surface area (Å²) in [5.41, 5.74) is 2.40. The smallest absolute Gasteiger partial charge is 0.317 e. The van der Waals surface area contributed by atoms with Gasteiger partial charge in [0.1, 0.15) is 0 Å². The van der Waals surface area contributed by atoms with Crippen molar-refractivity contribution in [2.45, 2.75) is 13.3 Å². The third-order valence-electron chi connectivity index (χ3n) is 4.09. The predicted octanol–water partition coefficient (Wildman–Crippen LogP) is 2.04. The summed E-state index contributed by atoms with van der Waals surface area (Å²) in [6.07, 6.45) is 0.186. The van der Waals surface area contributed by atoms with Gasteiger partial charge in [-0.25, -0.2) is 0 Å². The quantitative estimate of drug-likeness (QED) is 0.638. The Labute approximate surface area is 133 Å². The molecule has 1 aromatic carbocycles. The lowest BCUT2D eigenvalue weighted by atomic mass is 10.0. The van der Waals surface area contributed by atoms with E-state index in [-0.39, 0.29) is 18.2 Å². The molecular weight excluding hydrogens is 298 g/mol. The van der Waals surface area contributed by atoms with Crippen LogP contribution in [0, 0.1) is 6.92 Å². The standard InChI is InChI=1S/C17H17NO5/c1-9-15(18(2)11-8-14(19)23-17(9)11)16(20)10-5-6-12(21-3)13(7-10)22-4/h5-7H,8H2,1-4H3. The molecule has 0 unspecified atom stereocenters. The molecule has 1 aromatic heterocycles. The van der Waals surface area contributed by atoms with Crippen LogP contribution in [0.3, 0.4) is 0 Å². The molecule has 0 atom stereocenters. The van der Waals surface area contributed by atoms with E-state index in [0.29, 0.717) is 34.1 Å². The molecule has 0 amide bonds. The monoisotopic (exact) mass is 315 g/mol. The van der Waals surface area contributed by atoms with E-state index >= 15 is 0 Å². The van der Waals surface area contributed by atoms with Crippen molar-refractivity contribution >= 4 is 11.8 Å². The summed E-state index contributed by atoms with van der Waals surface area (Å²) in [5, 5.41) is 0. The Kier molecular flexibility index (Phi) is 3.60. The van der Waals surface area contributed by atoms with Crippen molar-refractivity contribution in [2.75, 3.05) is 14.2 Å². The van der Waals surface area contributed by atoms with Crippen molar-refractivity contribution in [1.29, 1.82) is 0 Å². The van der Waals surface area contributed by atoms with Crippen molar-refractivity contribution in [3.63, 3.8) is 0 Å². The molecule has 6 heteroatoms. The summed E-state index contributed by atoms with van der Waals surface area (Å²) in [5.74, 6) is 1.10. The molecular formula is C17H17NO5. The second kappa shape index (κ2) is 5.46. The number of hydrogen-bond acceptors (Lipinski definition) is 5. The minimum atomic E-state index is -0.293. The fourth-order valence-corrected chi connectivity index (χ4v) is 2.92. The highest BCUT2D eigenvalue weighted by Crippen LogP contribution is 2.36. The molecule has 1 aliphatic heterocycles. The van der Waals surface area contributed by atoms with Crippen molar-refractivity contribution in [3.8, 4) is 17.2 Å². The van der Waals surface area contributed by atoms with Crippen LogP contribution in [0.25, 0.3) is 0 Å². The third kappa shape index (κ3) is 2.27. The number of carbonyl (C=O) groups excluding carboxylic acids is 2. The van der Waals surface area contributed by atoms with E-state index in [4.69, 9.17) is 14.2 Å². The maximum absolute atomic E-state index is 12.9. The first-order valence-electron chi connectivity index (χ1n) is 7.13. The summed E-state index contributed by atoms with van der Waals surface area (Å²) in [6, 6.07) is 5.02. The van der Waals surface area contributed by atoms with Crippen molar-refractivity contribution in [1.82, 2.24) is 4.57 Å². The van der Waals surface area contributed by atoms with Crippen molar-refractivity contribution in [2.24, 2.45) is 7.05 Å². The average molecular weight is 315 g/mol. The molecule has 0 aliphatic carbocycles. The molecule has 0 fully saturated rings. The van der Waals surface area contributed by atoms with E-state index in [9.17, 15) is 9.59 Å². The number of aromatic nitrogens is 1. The zero-order valence-electron chi connectivity index (χ0n) is 13.4. The van der Waals surface area contributed by atoms with Crippen LogP contribution in [0.4, 0.5) is 0 Å². The van der Waals surface area contributed by atoms with Gasteiger partial charge in [-0.1, -0.05) is 0 Å². The largest absolute Gasteiger partial charge is 0.493 e. The lowest BCUT2D eigenvalue weighted by Crippen LogP contribution is -2.13. The number of carbonyl (C=O) groups is 2. The lowest BCUT2D eigenvalue weighted by Gasteiger charge is -2.10. The van der Waals surface area contributed by atoms with Crippen LogP contribution in [-0.4, -0.2) is 30.5 Å². The molecule has 0 saturated heterocycles. The molecule has 3 rings (SSSR count). The molecule has 23 heavy (non-hydrogen) atoms. The lowest BCUT2D eigenvalue weighted by molar-refractivity contribution is -0.131. The Morgan fingerprint density at radius 1 is 1.22 bits per heavy atom. The van der Waals surface area contributed by atoms with E-state index in [1.165, 1.54) is 7.11 Å². The van der Waals surface area contributed by atoms with Crippen LogP contribution >= 0.6 is 0 Å². The number of benzene rings is 1. The number of ketones is 1. The molecule has 0 N–H and O–H groups in total. The van der Waals surface area contributed by atoms with Crippen LogP contribution in [0.15, 0.2) is 18.2 Å². The van der Waals surface area contributed by atoms with Crippen LogP contribution in [0.1, 0.15) is 27.3 Å². The van der Waals surface area contributed by atoms with Gasteiger partial charge in [0, 0.05) is 18.2 Å². The van der Waals surface area contributed by atoms with Gasteiger partial charge in [0.25, 0.3) is 0 Å². The molecule has 0 saturated carbocycles.